The second kappa shape index (κ2) is 16.3. The first-order chi connectivity index (χ1) is 23.6. The van der Waals surface area contributed by atoms with E-state index in [0.29, 0.717) is 19.1 Å². The molecule has 2 amide bonds. The Morgan fingerprint density at radius 3 is 2.71 bits per heavy atom. The van der Waals surface area contributed by atoms with Crippen molar-refractivity contribution in [3.63, 3.8) is 0 Å². The highest BCUT2D eigenvalue weighted by Crippen LogP contribution is 2.33. The van der Waals surface area contributed by atoms with Gasteiger partial charge >= 0.3 is 6.03 Å². The van der Waals surface area contributed by atoms with Gasteiger partial charge in [-0.05, 0) is 80.6 Å². The van der Waals surface area contributed by atoms with Crippen molar-refractivity contribution in [3.05, 3.63) is 71.0 Å². The molecule has 0 aliphatic carbocycles. The van der Waals surface area contributed by atoms with Crippen LogP contribution in [0.25, 0.3) is 22.2 Å². The molecule has 2 saturated heterocycles. The highest BCUT2D eigenvalue weighted by Gasteiger charge is 2.22. The Hall–Kier alpha value is -4.19. The van der Waals surface area contributed by atoms with Crippen LogP contribution in [0.15, 0.2) is 48.7 Å². The van der Waals surface area contributed by atoms with Gasteiger partial charge in [-0.3, -0.25) is 4.90 Å². The molecule has 0 bridgehead atoms. The highest BCUT2D eigenvalue weighted by molar-refractivity contribution is 5.92. The average molecular weight is 655 g/mol. The molecule has 256 valence electrons. The first-order valence-electron chi connectivity index (χ1n) is 17.5. The summed E-state index contributed by atoms with van der Waals surface area (Å²) in [6, 6.07) is 14.9. The molecule has 6 rings (SSSR count). The minimum atomic E-state index is -0.232. The monoisotopic (exact) mass is 654 g/mol. The molecule has 2 aliphatic rings. The van der Waals surface area contributed by atoms with Crippen LogP contribution in [0.4, 0.5) is 10.5 Å². The molecule has 2 aliphatic heterocycles. The number of benzene rings is 2. The SMILES string of the molecule is CCc1nc2c(cnn2CC)c(NC2CCOCC2)c1CNC(=O)NCc1ccc(OC)c(-c2cccc(CN3CCCNCC3)c2)c1. The Kier molecular flexibility index (Phi) is 11.4. The van der Waals surface area contributed by atoms with Crippen LogP contribution in [0.3, 0.4) is 0 Å². The van der Waals surface area contributed by atoms with Gasteiger partial charge in [-0.1, -0.05) is 31.2 Å². The van der Waals surface area contributed by atoms with Crippen molar-refractivity contribution in [3.8, 4) is 16.9 Å². The van der Waals surface area contributed by atoms with Gasteiger partial charge < -0.3 is 30.7 Å². The maximum atomic E-state index is 13.2. The molecule has 2 aromatic heterocycles. The smallest absolute Gasteiger partial charge is 0.315 e. The van der Waals surface area contributed by atoms with E-state index in [1.54, 1.807) is 7.11 Å². The van der Waals surface area contributed by atoms with Crippen molar-refractivity contribution in [1.29, 1.82) is 0 Å². The van der Waals surface area contributed by atoms with Crippen molar-refractivity contribution in [2.45, 2.75) is 71.8 Å². The van der Waals surface area contributed by atoms with Gasteiger partial charge in [0.2, 0.25) is 0 Å². The molecule has 4 aromatic rings. The number of nitrogens with one attached hydrogen (secondary N) is 4. The molecule has 11 heteroatoms. The molecule has 2 fully saturated rings. The van der Waals surface area contributed by atoms with Gasteiger partial charge in [-0.2, -0.15) is 5.10 Å². The van der Waals surface area contributed by atoms with Crippen LogP contribution in [-0.4, -0.2) is 78.2 Å². The summed E-state index contributed by atoms with van der Waals surface area (Å²) in [7, 11) is 1.70. The molecular formula is C37H50N8O3. The Labute approximate surface area is 283 Å². The number of rotatable bonds is 12. The summed E-state index contributed by atoms with van der Waals surface area (Å²) in [5, 5.41) is 19.0. The fourth-order valence-electron chi connectivity index (χ4n) is 6.76. The summed E-state index contributed by atoms with van der Waals surface area (Å²) in [5.41, 5.74) is 8.25. The van der Waals surface area contributed by atoms with E-state index in [-0.39, 0.29) is 6.03 Å². The van der Waals surface area contributed by atoms with E-state index in [9.17, 15) is 4.79 Å². The number of pyridine rings is 1. The summed E-state index contributed by atoms with van der Waals surface area (Å²) < 4.78 is 13.3. The molecule has 0 atom stereocenters. The summed E-state index contributed by atoms with van der Waals surface area (Å²) in [5.74, 6) is 0.810. The summed E-state index contributed by atoms with van der Waals surface area (Å²) in [4.78, 5) is 20.7. The Morgan fingerprint density at radius 1 is 1.04 bits per heavy atom. The zero-order valence-corrected chi connectivity index (χ0v) is 28.6. The number of carbonyl (C=O) groups excluding carboxylic acids is 1. The van der Waals surface area contributed by atoms with Crippen molar-refractivity contribution >= 4 is 22.8 Å². The fourth-order valence-corrected chi connectivity index (χ4v) is 6.76. The third kappa shape index (κ3) is 8.08. The standard InChI is InChI=1S/C37H50N8O3/c1-4-33-31(35(42-29-12-18-48-19-13-29)32-24-41-45(5-2)36(32)43-33)23-40-37(46)39-22-26-10-11-34(47-3)30(21-26)28-9-6-8-27(20-28)25-44-16-7-14-38-15-17-44/h6,8-11,20-21,24,29,38H,4-5,7,12-19,22-23,25H2,1-3H3,(H,42,43)(H2,39,40,46). The van der Waals surface area contributed by atoms with Crippen LogP contribution < -0.4 is 26.0 Å². The van der Waals surface area contributed by atoms with Crippen LogP contribution >= 0.6 is 0 Å². The number of hydrogen-bond acceptors (Lipinski definition) is 8. The predicted octanol–water partition coefficient (Wildman–Crippen LogP) is 5.07. The van der Waals surface area contributed by atoms with Gasteiger partial charge in [0, 0.05) is 75.3 Å². The van der Waals surface area contributed by atoms with Gasteiger partial charge in [0.05, 0.1) is 24.4 Å². The van der Waals surface area contributed by atoms with E-state index in [2.05, 4.69) is 75.4 Å². The minimum absolute atomic E-state index is 0.232. The minimum Gasteiger partial charge on any atom is -0.496 e. The van der Waals surface area contributed by atoms with Gasteiger partial charge in [-0.25, -0.2) is 14.5 Å². The number of fused-ring (bicyclic) bond motifs is 1. The number of hydrogen-bond donors (Lipinski definition) is 4. The van der Waals surface area contributed by atoms with Crippen LogP contribution in [0.2, 0.25) is 0 Å². The summed E-state index contributed by atoms with van der Waals surface area (Å²) in [6.07, 6.45) is 5.67. The zero-order valence-electron chi connectivity index (χ0n) is 28.6. The predicted molar refractivity (Wildman–Crippen MR) is 190 cm³/mol. The lowest BCUT2D eigenvalue weighted by molar-refractivity contribution is 0.0904. The van der Waals surface area contributed by atoms with E-state index >= 15 is 0 Å². The topological polar surface area (TPSA) is 118 Å². The van der Waals surface area contributed by atoms with Gasteiger partial charge in [0.25, 0.3) is 0 Å². The number of aromatic nitrogens is 3. The maximum Gasteiger partial charge on any atom is 0.315 e. The molecule has 48 heavy (non-hydrogen) atoms. The molecule has 4 heterocycles. The quantitative estimate of drug-likeness (QED) is 0.167. The summed E-state index contributed by atoms with van der Waals surface area (Å²) in [6.45, 7) is 12.3. The number of aryl methyl sites for hydroxylation is 2. The molecule has 0 unspecified atom stereocenters. The Balaban J connectivity index is 1.15. The van der Waals surface area contributed by atoms with Gasteiger partial charge in [0.15, 0.2) is 5.65 Å². The highest BCUT2D eigenvalue weighted by atomic mass is 16.5. The number of ether oxygens (including phenoxy) is 2. The molecule has 2 aromatic carbocycles. The first kappa shape index (κ1) is 33.7. The van der Waals surface area contributed by atoms with Crippen molar-refractivity contribution in [2.24, 2.45) is 0 Å². The third-order valence-corrected chi connectivity index (χ3v) is 9.40. The van der Waals surface area contributed by atoms with Crippen LogP contribution in [-0.2, 0) is 37.3 Å². The molecular weight excluding hydrogens is 604 g/mol. The molecule has 4 N–H and O–H groups in total. The second-order valence-corrected chi connectivity index (χ2v) is 12.6. The number of carbonyl (C=O) groups is 1. The first-order valence-corrected chi connectivity index (χ1v) is 17.5. The fraction of sp³-hybridized carbons (Fsp3) is 0.486. The van der Waals surface area contributed by atoms with E-state index < -0.39 is 0 Å². The van der Waals surface area contributed by atoms with Crippen LogP contribution in [0.1, 0.15) is 55.5 Å². The molecule has 0 radical (unpaired) electrons. The van der Waals surface area contributed by atoms with E-state index in [1.807, 2.05) is 23.0 Å². The molecule has 0 spiro atoms. The lowest BCUT2D eigenvalue weighted by Gasteiger charge is -2.26. The van der Waals surface area contributed by atoms with Crippen LogP contribution in [0.5, 0.6) is 5.75 Å². The van der Waals surface area contributed by atoms with Gasteiger partial charge in [-0.15, -0.1) is 0 Å². The number of amides is 2. The zero-order chi connectivity index (χ0) is 33.3. The Bertz CT molecular complexity index is 1670. The lowest BCUT2D eigenvalue weighted by Crippen LogP contribution is -2.35. The van der Waals surface area contributed by atoms with Crippen molar-refractivity contribution in [2.75, 3.05) is 51.8 Å². The van der Waals surface area contributed by atoms with E-state index in [4.69, 9.17) is 14.5 Å². The van der Waals surface area contributed by atoms with Crippen LogP contribution in [0, 0.1) is 0 Å². The third-order valence-electron chi connectivity index (χ3n) is 9.40. The largest absolute Gasteiger partial charge is 0.496 e. The Morgan fingerprint density at radius 2 is 1.90 bits per heavy atom. The van der Waals surface area contributed by atoms with Gasteiger partial charge in [0.1, 0.15) is 5.75 Å². The number of anilines is 1. The number of methoxy groups -OCH3 is 1. The lowest BCUT2D eigenvalue weighted by atomic mass is 9.99. The normalized spacial score (nSPS) is 16.1. The van der Waals surface area contributed by atoms with E-state index in [1.165, 1.54) is 12.0 Å². The molecule has 0 saturated carbocycles. The maximum absolute atomic E-state index is 13.2. The van der Waals surface area contributed by atoms with E-state index in [0.717, 1.165) is 122 Å². The van der Waals surface area contributed by atoms with Crippen molar-refractivity contribution in [1.82, 2.24) is 35.6 Å². The second-order valence-electron chi connectivity index (χ2n) is 12.6. The van der Waals surface area contributed by atoms with Crippen molar-refractivity contribution < 1.29 is 14.3 Å². The average Bonchev–Trinajstić information content (AvgIpc) is 3.37. The summed E-state index contributed by atoms with van der Waals surface area (Å²) >= 11 is 0. The number of nitrogens with zero attached hydrogens (tertiary/aromatic N) is 4. The number of urea groups is 1. The molecule has 11 nitrogen and oxygen atoms in total.